The third kappa shape index (κ3) is 3.32. The van der Waals surface area contributed by atoms with Crippen LogP contribution >= 0.6 is 0 Å². The molecule has 0 heterocycles. The maximum absolute atomic E-state index is 3.45. The van der Waals surface area contributed by atoms with Crippen LogP contribution in [-0.4, -0.2) is 7.05 Å². The minimum atomic E-state index is 0.244. The normalized spacial score (nSPS) is 13.8. The average Bonchev–Trinajstić information content (AvgIpc) is 2.27. The van der Waals surface area contributed by atoms with E-state index in [1.807, 2.05) is 0 Å². The molecule has 1 N–H and O–H groups in total. The van der Waals surface area contributed by atoms with Crippen molar-refractivity contribution in [2.75, 3.05) is 7.05 Å². The molecule has 1 aromatic carbocycles. The van der Waals surface area contributed by atoms with E-state index >= 15 is 0 Å². The average molecular weight is 233 g/mol. The Kier molecular flexibility index (Phi) is 4.76. The maximum atomic E-state index is 3.45. The zero-order valence-electron chi connectivity index (χ0n) is 12.2. The van der Waals surface area contributed by atoms with Gasteiger partial charge in [-0.15, -0.1) is 0 Å². The fourth-order valence-electron chi connectivity index (χ4n) is 2.60. The van der Waals surface area contributed by atoms with Gasteiger partial charge >= 0.3 is 0 Å². The van der Waals surface area contributed by atoms with Gasteiger partial charge in [0.1, 0.15) is 0 Å². The van der Waals surface area contributed by atoms with Crippen molar-refractivity contribution in [3.63, 3.8) is 0 Å². The summed E-state index contributed by atoms with van der Waals surface area (Å²) in [4.78, 5) is 0. The number of aryl methyl sites for hydroxylation is 2. The topological polar surface area (TPSA) is 12.0 Å². The van der Waals surface area contributed by atoms with Crippen molar-refractivity contribution in [1.29, 1.82) is 0 Å². The largest absolute Gasteiger partial charge is 0.313 e. The van der Waals surface area contributed by atoms with Gasteiger partial charge < -0.3 is 5.32 Å². The Balaban J connectivity index is 3.14. The van der Waals surface area contributed by atoms with Crippen LogP contribution < -0.4 is 5.32 Å². The zero-order valence-corrected chi connectivity index (χ0v) is 12.2. The SMILES string of the molecule is CCc1ccc(C(NC)C(C)(C)C)cc1CC. The smallest absolute Gasteiger partial charge is 0.0366 e. The molecule has 1 rings (SSSR count). The number of rotatable bonds is 4. The molecule has 0 radical (unpaired) electrons. The van der Waals surface area contributed by atoms with Gasteiger partial charge in [-0.25, -0.2) is 0 Å². The summed E-state index contributed by atoms with van der Waals surface area (Å²) in [5.74, 6) is 0. The molecule has 0 aliphatic rings. The van der Waals surface area contributed by atoms with E-state index in [0.29, 0.717) is 6.04 Å². The van der Waals surface area contributed by atoms with Crippen LogP contribution in [0.3, 0.4) is 0 Å². The van der Waals surface area contributed by atoms with Gasteiger partial charge in [-0.1, -0.05) is 52.8 Å². The third-order valence-electron chi connectivity index (χ3n) is 3.48. The third-order valence-corrected chi connectivity index (χ3v) is 3.48. The molecule has 0 aromatic heterocycles. The molecule has 0 amide bonds. The van der Waals surface area contributed by atoms with Crippen LogP contribution in [0.5, 0.6) is 0 Å². The van der Waals surface area contributed by atoms with Crippen LogP contribution in [0.1, 0.15) is 57.4 Å². The Hall–Kier alpha value is -0.820. The van der Waals surface area contributed by atoms with Crippen molar-refractivity contribution in [2.45, 2.75) is 53.5 Å². The predicted molar refractivity (Wildman–Crippen MR) is 76.5 cm³/mol. The van der Waals surface area contributed by atoms with Crippen LogP contribution in [-0.2, 0) is 12.8 Å². The summed E-state index contributed by atoms with van der Waals surface area (Å²) in [5.41, 5.74) is 4.64. The van der Waals surface area contributed by atoms with Gasteiger partial charge in [-0.3, -0.25) is 0 Å². The minimum Gasteiger partial charge on any atom is -0.313 e. The highest BCUT2D eigenvalue weighted by molar-refractivity contribution is 5.34. The summed E-state index contributed by atoms with van der Waals surface area (Å²) in [6.07, 6.45) is 2.25. The second-order valence-corrected chi connectivity index (χ2v) is 5.82. The van der Waals surface area contributed by atoms with Gasteiger partial charge in [0, 0.05) is 6.04 Å². The summed E-state index contributed by atoms with van der Waals surface area (Å²) in [5, 5.41) is 3.45. The molecule has 1 aromatic rings. The highest BCUT2D eigenvalue weighted by atomic mass is 14.9. The molecule has 0 aliphatic carbocycles. The lowest BCUT2D eigenvalue weighted by atomic mass is 9.81. The lowest BCUT2D eigenvalue weighted by molar-refractivity contribution is 0.287. The van der Waals surface area contributed by atoms with E-state index in [-0.39, 0.29) is 5.41 Å². The van der Waals surface area contributed by atoms with Crippen LogP contribution in [0.25, 0.3) is 0 Å². The quantitative estimate of drug-likeness (QED) is 0.825. The molecule has 0 spiro atoms. The highest BCUT2D eigenvalue weighted by Crippen LogP contribution is 2.33. The number of nitrogens with one attached hydrogen (secondary N) is 1. The Morgan fingerprint density at radius 3 is 2.06 bits per heavy atom. The van der Waals surface area contributed by atoms with Gasteiger partial charge in [-0.2, -0.15) is 0 Å². The fourth-order valence-corrected chi connectivity index (χ4v) is 2.60. The highest BCUT2D eigenvalue weighted by Gasteiger charge is 2.24. The molecular weight excluding hydrogens is 206 g/mol. The van der Waals surface area contributed by atoms with Gasteiger partial charge in [-0.05, 0) is 42.0 Å². The lowest BCUT2D eigenvalue weighted by Gasteiger charge is -2.31. The maximum Gasteiger partial charge on any atom is 0.0366 e. The zero-order chi connectivity index (χ0) is 13.1. The van der Waals surface area contributed by atoms with Crippen molar-refractivity contribution >= 4 is 0 Å². The molecule has 1 heteroatoms. The number of hydrogen-bond donors (Lipinski definition) is 1. The van der Waals surface area contributed by atoms with Crippen LogP contribution in [0, 0.1) is 5.41 Å². The van der Waals surface area contributed by atoms with Crippen molar-refractivity contribution < 1.29 is 0 Å². The first-order valence-corrected chi connectivity index (χ1v) is 6.73. The summed E-state index contributed by atoms with van der Waals surface area (Å²) < 4.78 is 0. The Morgan fingerprint density at radius 1 is 1.06 bits per heavy atom. The molecule has 0 aliphatic heterocycles. The Labute approximate surface area is 107 Å². The molecule has 0 saturated carbocycles. The molecule has 0 fully saturated rings. The fraction of sp³-hybridized carbons (Fsp3) is 0.625. The van der Waals surface area contributed by atoms with Crippen LogP contribution in [0.2, 0.25) is 0 Å². The molecule has 1 nitrogen and oxygen atoms in total. The molecular formula is C16H27N. The molecule has 1 unspecified atom stereocenters. The molecule has 0 bridgehead atoms. The van der Waals surface area contributed by atoms with E-state index in [0.717, 1.165) is 12.8 Å². The van der Waals surface area contributed by atoms with Gasteiger partial charge in [0.25, 0.3) is 0 Å². The van der Waals surface area contributed by atoms with Gasteiger partial charge in [0.05, 0.1) is 0 Å². The second kappa shape index (κ2) is 5.68. The van der Waals surface area contributed by atoms with Crippen molar-refractivity contribution in [1.82, 2.24) is 5.32 Å². The van der Waals surface area contributed by atoms with Gasteiger partial charge in [0.15, 0.2) is 0 Å². The Morgan fingerprint density at radius 2 is 1.65 bits per heavy atom. The molecule has 17 heavy (non-hydrogen) atoms. The summed E-state index contributed by atoms with van der Waals surface area (Å²) in [6.45, 7) is 11.3. The summed E-state index contributed by atoms with van der Waals surface area (Å²) in [6, 6.07) is 7.37. The van der Waals surface area contributed by atoms with E-state index in [1.165, 1.54) is 16.7 Å². The van der Waals surface area contributed by atoms with E-state index in [1.54, 1.807) is 0 Å². The first-order valence-electron chi connectivity index (χ1n) is 6.73. The van der Waals surface area contributed by atoms with E-state index in [9.17, 15) is 0 Å². The van der Waals surface area contributed by atoms with Crippen LogP contribution in [0.15, 0.2) is 18.2 Å². The monoisotopic (exact) mass is 233 g/mol. The van der Waals surface area contributed by atoms with E-state index in [2.05, 4.69) is 65.2 Å². The van der Waals surface area contributed by atoms with Crippen molar-refractivity contribution in [2.24, 2.45) is 5.41 Å². The second-order valence-electron chi connectivity index (χ2n) is 5.82. The van der Waals surface area contributed by atoms with E-state index < -0.39 is 0 Å². The Bertz CT molecular complexity index is 360. The standard InChI is InChI=1S/C16H27N/c1-7-12-9-10-14(11-13(12)8-2)15(17-6)16(3,4)5/h9-11,15,17H,7-8H2,1-6H3. The lowest BCUT2D eigenvalue weighted by Crippen LogP contribution is -2.29. The molecule has 96 valence electrons. The number of benzene rings is 1. The summed E-state index contributed by atoms with van der Waals surface area (Å²) >= 11 is 0. The van der Waals surface area contributed by atoms with Gasteiger partial charge in [0.2, 0.25) is 0 Å². The predicted octanol–water partition coefficient (Wildman–Crippen LogP) is 4.12. The molecule has 1 atom stereocenters. The van der Waals surface area contributed by atoms with Crippen molar-refractivity contribution in [3.05, 3.63) is 34.9 Å². The first kappa shape index (κ1) is 14.2. The van der Waals surface area contributed by atoms with Crippen LogP contribution in [0.4, 0.5) is 0 Å². The molecule has 0 saturated heterocycles. The number of hydrogen-bond acceptors (Lipinski definition) is 1. The van der Waals surface area contributed by atoms with Crippen molar-refractivity contribution in [3.8, 4) is 0 Å². The summed E-state index contributed by atoms with van der Waals surface area (Å²) in [7, 11) is 2.05. The first-order chi connectivity index (χ1) is 7.93. The van der Waals surface area contributed by atoms with E-state index in [4.69, 9.17) is 0 Å². The minimum absolute atomic E-state index is 0.244.